The molecule has 1 aliphatic rings. The summed E-state index contributed by atoms with van der Waals surface area (Å²) in [5.74, 6) is -0.0790. The summed E-state index contributed by atoms with van der Waals surface area (Å²) in [6.45, 7) is 3.45. The zero-order valence-corrected chi connectivity index (χ0v) is 6.93. The number of cyclic esters (lactones) is 1. The number of ether oxygens (including phenoxy) is 1. The molecule has 0 aliphatic carbocycles. The quantitative estimate of drug-likeness (QED) is 0.612. The number of nitrogens with one attached hydrogen (secondary N) is 1. The van der Waals surface area contributed by atoms with Gasteiger partial charge in [-0.05, 0) is 6.42 Å². The lowest BCUT2D eigenvalue weighted by Crippen LogP contribution is -2.45. The Hall–Kier alpha value is -0.570. The van der Waals surface area contributed by atoms with Gasteiger partial charge < -0.3 is 10.1 Å². The Morgan fingerprint density at radius 3 is 3.18 bits per heavy atom. The molecule has 0 aromatic rings. The van der Waals surface area contributed by atoms with E-state index in [-0.39, 0.29) is 12.0 Å². The summed E-state index contributed by atoms with van der Waals surface area (Å²) in [7, 11) is 0. The second-order valence-corrected chi connectivity index (χ2v) is 2.82. The Morgan fingerprint density at radius 1 is 1.73 bits per heavy atom. The maximum absolute atomic E-state index is 11.0. The van der Waals surface area contributed by atoms with Gasteiger partial charge in [0.1, 0.15) is 12.6 Å². The standard InChI is InChI=1S/C8H15NO2/c1-2-3-4-7-8(10)11-6-5-9-7/h7,9H,2-6H2,1H3. The first kappa shape index (κ1) is 8.53. The maximum atomic E-state index is 11.0. The molecule has 1 heterocycles. The van der Waals surface area contributed by atoms with Crippen molar-refractivity contribution >= 4 is 5.97 Å². The van der Waals surface area contributed by atoms with Crippen LogP contribution in [0.5, 0.6) is 0 Å². The molecule has 0 aromatic carbocycles. The van der Waals surface area contributed by atoms with E-state index in [9.17, 15) is 4.79 Å². The third-order valence-electron chi connectivity index (χ3n) is 1.87. The summed E-state index contributed by atoms with van der Waals surface area (Å²) >= 11 is 0. The molecule has 0 radical (unpaired) electrons. The molecule has 3 heteroatoms. The molecule has 3 nitrogen and oxygen atoms in total. The van der Waals surface area contributed by atoms with Crippen molar-refractivity contribution in [3.05, 3.63) is 0 Å². The van der Waals surface area contributed by atoms with Crippen molar-refractivity contribution in [3.63, 3.8) is 0 Å². The van der Waals surface area contributed by atoms with E-state index in [2.05, 4.69) is 12.2 Å². The van der Waals surface area contributed by atoms with Crippen molar-refractivity contribution in [2.75, 3.05) is 13.2 Å². The molecule has 1 N–H and O–H groups in total. The van der Waals surface area contributed by atoms with Gasteiger partial charge in [-0.15, -0.1) is 0 Å². The van der Waals surface area contributed by atoms with Crippen molar-refractivity contribution in [1.82, 2.24) is 5.32 Å². The largest absolute Gasteiger partial charge is 0.463 e. The normalized spacial score (nSPS) is 24.8. The lowest BCUT2D eigenvalue weighted by atomic mass is 10.1. The highest BCUT2D eigenvalue weighted by atomic mass is 16.5. The van der Waals surface area contributed by atoms with Gasteiger partial charge in [-0.3, -0.25) is 4.79 Å². The van der Waals surface area contributed by atoms with Crippen molar-refractivity contribution < 1.29 is 9.53 Å². The van der Waals surface area contributed by atoms with Crippen molar-refractivity contribution in [2.45, 2.75) is 32.2 Å². The number of esters is 1. The van der Waals surface area contributed by atoms with E-state index in [1.807, 2.05) is 0 Å². The molecular formula is C8H15NO2. The summed E-state index contributed by atoms with van der Waals surface area (Å²) in [4.78, 5) is 11.0. The Labute approximate surface area is 67.1 Å². The SMILES string of the molecule is CCCCC1NCCOC1=O. The van der Waals surface area contributed by atoms with E-state index in [4.69, 9.17) is 4.74 Å². The number of unbranched alkanes of at least 4 members (excludes halogenated alkanes) is 1. The molecule has 1 unspecified atom stereocenters. The van der Waals surface area contributed by atoms with Crippen LogP contribution in [0.4, 0.5) is 0 Å². The highest BCUT2D eigenvalue weighted by molar-refractivity contribution is 5.76. The van der Waals surface area contributed by atoms with E-state index >= 15 is 0 Å². The van der Waals surface area contributed by atoms with Crippen molar-refractivity contribution in [3.8, 4) is 0 Å². The van der Waals surface area contributed by atoms with Gasteiger partial charge in [-0.2, -0.15) is 0 Å². The fourth-order valence-corrected chi connectivity index (χ4v) is 1.20. The third kappa shape index (κ3) is 2.50. The van der Waals surface area contributed by atoms with Crippen LogP contribution in [0.2, 0.25) is 0 Å². The molecular weight excluding hydrogens is 142 g/mol. The lowest BCUT2D eigenvalue weighted by Gasteiger charge is -2.21. The van der Waals surface area contributed by atoms with Gasteiger partial charge in [0.2, 0.25) is 0 Å². The number of carbonyl (C=O) groups is 1. The van der Waals surface area contributed by atoms with Gasteiger partial charge >= 0.3 is 5.97 Å². The Morgan fingerprint density at radius 2 is 2.55 bits per heavy atom. The molecule has 1 fully saturated rings. The topological polar surface area (TPSA) is 38.3 Å². The second kappa shape index (κ2) is 4.34. The Balaban J connectivity index is 2.24. The first-order chi connectivity index (χ1) is 5.34. The van der Waals surface area contributed by atoms with Gasteiger partial charge in [0, 0.05) is 6.54 Å². The molecule has 1 atom stereocenters. The molecule has 64 valence electrons. The van der Waals surface area contributed by atoms with Gasteiger partial charge in [0.25, 0.3) is 0 Å². The average Bonchev–Trinajstić information content (AvgIpc) is 2.03. The number of hydrogen-bond acceptors (Lipinski definition) is 3. The second-order valence-electron chi connectivity index (χ2n) is 2.82. The fraction of sp³-hybridized carbons (Fsp3) is 0.875. The Bertz CT molecular complexity index is 136. The minimum absolute atomic E-state index is 0.0382. The minimum atomic E-state index is -0.0790. The third-order valence-corrected chi connectivity index (χ3v) is 1.87. The molecule has 0 amide bonds. The predicted octanol–water partition coefficient (Wildman–Crippen LogP) is 0.692. The molecule has 1 aliphatic heterocycles. The van der Waals surface area contributed by atoms with Crippen LogP contribution >= 0.6 is 0 Å². The van der Waals surface area contributed by atoms with Crippen molar-refractivity contribution in [1.29, 1.82) is 0 Å². The predicted molar refractivity (Wildman–Crippen MR) is 42.3 cm³/mol. The number of carbonyl (C=O) groups excluding carboxylic acids is 1. The van der Waals surface area contributed by atoms with Crippen LogP contribution < -0.4 is 5.32 Å². The summed E-state index contributed by atoms with van der Waals surface area (Å²) < 4.78 is 4.89. The molecule has 0 aromatic heterocycles. The van der Waals surface area contributed by atoms with Crippen molar-refractivity contribution in [2.24, 2.45) is 0 Å². The van der Waals surface area contributed by atoms with Gasteiger partial charge in [0.05, 0.1) is 0 Å². The number of morpholine rings is 1. The zero-order valence-electron chi connectivity index (χ0n) is 6.93. The highest BCUT2D eigenvalue weighted by Gasteiger charge is 2.21. The van der Waals surface area contributed by atoms with Crippen LogP contribution in [-0.2, 0) is 9.53 Å². The molecule has 11 heavy (non-hydrogen) atoms. The highest BCUT2D eigenvalue weighted by Crippen LogP contribution is 2.04. The first-order valence-electron chi connectivity index (χ1n) is 4.24. The van der Waals surface area contributed by atoms with Crippen LogP contribution in [0, 0.1) is 0 Å². The monoisotopic (exact) mass is 157 g/mol. The average molecular weight is 157 g/mol. The Kier molecular flexibility index (Phi) is 3.36. The van der Waals surface area contributed by atoms with Crippen LogP contribution in [0.1, 0.15) is 26.2 Å². The van der Waals surface area contributed by atoms with E-state index in [0.29, 0.717) is 6.61 Å². The zero-order chi connectivity index (χ0) is 8.10. The number of rotatable bonds is 3. The summed E-state index contributed by atoms with van der Waals surface area (Å²) in [5, 5.41) is 3.13. The van der Waals surface area contributed by atoms with Gasteiger partial charge in [-0.1, -0.05) is 19.8 Å². The number of hydrogen-bond donors (Lipinski definition) is 1. The minimum Gasteiger partial charge on any atom is -0.463 e. The molecule has 0 bridgehead atoms. The fourth-order valence-electron chi connectivity index (χ4n) is 1.20. The molecule has 0 spiro atoms. The molecule has 1 rings (SSSR count). The molecule has 1 saturated heterocycles. The van der Waals surface area contributed by atoms with Crippen LogP contribution in [-0.4, -0.2) is 25.2 Å². The van der Waals surface area contributed by atoms with Gasteiger partial charge in [0.15, 0.2) is 0 Å². The summed E-state index contributed by atoms with van der Waals surface area (Å²) in [5.41, 5.74) is 0. The van der Waals surface area contributed by atoms with Crippen LogP contribution in [0.15, 0.2) is 0 Å². The molecule has 0 saturated carbocycles. The van der Waals surface area contributed by atoms with E-state index in [0.717, 1.165) is 25.8 Å². The van der Waals surface area contributed by atoms with Crippen LogP contribution in [0.3, 0.4) is 0 Å². The van der Waals surface area contributed by atoms with E-state index < -0.39 is 0 Å². The summed E-state index contributed by atoms with van der Waals surface area (Å²) in [6.07, 6.45) is 3.13. The van der Waals surface area contributed by atoms with E-state index in [1.54, 1.807) is 0 Å². The summed E-state index contributed by atoms with van der Waals surface area (Å²) in [6, 6.07) is -0.0382. The van der Waals surface area contributed by atoms with E-state index in [1.165, 1.54) is 0 Å². The maximum Gasteiger partial charge on any atom is 0.323 e. The van der Waals surface area contributed by atoms with Gasteiger partial charge in [-0.25, -0.2) is 0 Å². The first-order valence-corrected chi connectivity index (χ1v) is 4.24. The van der Waals surface area contributed by atoms with Crippen LogP contribution in [0.25, 0.3) is 0 Å². The lowest BCUT2D eigenvalue weighted by molar-refractivity contribution is -0.149. The smallest absolute Gasteiger partial charge is 0.323 e.